The maximum atomic E-state index is 11.7. The van der Waals surface area contributed by atoms with Gasteiger partial charge in [-0.2, -0.15) is 13.2 Å². The molecule has 0 saturated carbocycles. The number of hydrogen-bond donors (Lipinski definition) is 0. The normalized spacial score (nSPS) is 13.1. The van der Waals surface area contributed by atoms with Crippen LogP contribution in [-0.2, 0) is 10.0 Å². The molecule has 7 heteroatoms. The van der Waals surface area contributed by atoms with Crippen LogP contribution in [-0.4, -0.2) is 20.5 Å². The van der Waals surface area contributed by atoms with Gasteiger partial charge in [-0.05, 0) is 0 Å². The number of alkyl halides is 3. The third kappa shape index (κ3) is 4.80. The number of nitrogens with zero attached hydrogens (tertiary/aromatic N) is 1. The Morgan fingerprint density at radius 1 is 1.14 bits per heavy atom. The van der Waals surface area contributed by atoms with Gasteiger partial charge in [0.25, 0.3) is 0 Å². The van der Waals surface area contributed by atoms with E-state index in [0.717, 1.165) is 12.8 Å². The van der Waals surface area contributed by atoms with Crippen LogP contribution < -0.4 is 0 Å². The largest absolute Gasteiger partial charge is 0.541 e. The minimum Gasteiger partial charge on any atom is -0.541 e. The van der Waals surface area contributed by atoms with Crippen LogP contribution >= 0.6 is 0 Å². The van der Waals surface area contributed by atoms with Crippen molar-refractivity contribution >= 4 is 10.0 Å². The topological polar surface area (TPSA) is 48.2 Å². The standard InChI is InChI=1S/C7H13F3NO2S/c1-2-3-4-5-6-11-14(12,13)7(8,9)10/h2-6H2,1H3/q-1. The molecular weight excluding hydrogens is 219 g/mol. The molecule has 0 spiro atoms. The predicted molar refractivity (Wildman–Crippen MR) is 47.3 cm³/mol. The molecule has 0 radical (unpaired) electrons. The highest BCUT2D eigenvalue weighted by atomic mass is 32.2. The van der Waals surface area contributed by atoms with Gasteiger partial charge in [0.05, 0.1) is 0 Å². The fourth-order valence-electron chi connectivity index (χ4n) is 0.797. The Hall–Kier alpha value is -0.300. The zero-order chi connectivity index (χ0) is 11.2. The zero-order valence-corrected chi connectivity index (χ0v) is 8.66. The zero-order valence-electron chi connectivity index (χ0n) is 7.84. The molecule has 0 aliphatic heterocycles. The Bertz CT molecular complexity index is 248. The summed E-state index contributed by atoms with van der Waals surface area (Å²) in [5.41, 5.74) is -5.25. The van der Waals surface area contributed by atoms with Crippen LogP contribution in [0.5, 0.6) is 0 Å². The summed E-state index contributed by atoms with van der Waals surface area (Å²) in [7, 11) is -5.26. The second-order valence-corrected chi connectivity index (χ2v) is 4.51. The van der Waals surface area contributed by atoms with E-state index < -0.39 is 15.5 Å². The van der Waals surface area contributed by atoms with E-state index in [1.54, 1.807) is 0 Å². The van der Waals surface area contributed by atoms with E-state index in [4.69, 9.17) is 0 Å². The molecule has 0 N–H and O–H groups in total. The maximum absolute atomic E-state index is 11.7. The third-order valence-electron chi connectivity index (χ3n) is 1.57. The van der Waals surface area contributed by atoms with Crippen LogP contribution in [0.15, 0.2) is 0 Å². The van der Waals surface area contributed by atoms with Crippen molar-refractivity contribution in [1.82, 2.24) is 0 Å². The van der Waals surface area contributed by atoms with E-state index in [0.29, 0.717) is 12.8 Å². The van der Waals surface area contributed by atoms with Crippen LogP contribution in [0, 0.1) is 0 Å². The van der Waals surface area contributed by atoms with Gasteiger partial charge in [-0.1, -0.05) is 32.6 Å². The molecule has 0 rings (SSSR count). The maximum Gasteiger partial charge on any atom is 0.480 e. The van der Waals surface area contributed by atoms with Gasteiger partial charge in [-0.3, -0.25) is 0 Å². The minimum atomic E-state index is -5.26. The van der Waals surface area contributed by atoms with Crippen molar-refractivity contribution in [2.45, 2.75) is 38.1 Å². The van der Waals surface area contributed by atoms with Crippen LogP contribution in [0.2, 0.25) is 0 Å². The Morgan fingerprint density at radius 2 is 1.71 bits per heavy atom. The van der Waals surface area contributed by atoms with Gasteiger partial charge in [0.15, 0.2) is 10.0 Å². The van der Waals surface area contributed by atoms with Crippen molar-refractivity contribution in [2.24, 2.45) is 0 Å². The summed E-state index contributed by atoms with van der Waals surface area (Å²) in [6.07, 6.45) is 2.89. The molecule has 14 heavy (non-hydrogen) atoms. The molecule has 0 aromatic heterocycles. The molecule has 0 saturated heterocycles. The van der Waals surface area contributed by atoms with E-state index in [-0.39, 0.29) is 6.54 Å². The number of rotatable bonds is 6. The average Bonchev–Trinajstić information content (AvgIpc) is 2.02. The summed E-state index contributed by atoms with van der Waals surface area (Å²) in [6.45, 7) is 1.67. The third-order valence-corrected chi connectivity index (χ3v) is 2.67. The van der Waals surface area contributed by atoms with Crippen molar-refractivity contribution < 1.29 is 21.6 Å². The molecule has 0 aromatic rings. The first-order valence-corrected chi connectivity index (χ1v) is 5.75. The van der Waals surface area contributed by atoms with Crippen LogP contribution in [0.4, 0.5) is 13.2 Å². The van der Waals surface area contributed by atoms with E-state index >= 15 is 0 Å². The summed E-state index contributed by atoms with van der Waals surface area (Å²) in [6, 6.07) is 0. The van der Waals surface area contributed by atoms with E-state index in [9.17, 15) is 21.6 Å². The van der Waals surface area contributed by atoms with Crippen LogP contribution in [0.3, 0.4) is 0 Å². The van der Waals surface area contributed by atoms with Gasteiger partial charge in [-0.15, -0.1) is 6.54 Å². The van der Waals surface area contributed by atoms with Gasteiger partial charge < -0.3 is 4.72 Å². The van der Waals surface area contributed by atoms with E-state index in [2.05, 4.69) is 4.72 Å². The molecule has 0 atom stereocenters. The van der Waals surface area contributed by atoms with Crippen molar-refractivity contribution in [3.8, 4) is 0 Å². The number of hydrogen-bond acceptors (Lipinski definition) is 2. The SMILES string of the molecule is CCCCCC[N-]S(=O)(=O)C(F)(F)F. The molecule has 0 aliphatic rings. The number of unbranched alkanes of at least 4 members (excludes halogenated alkanes) is 3. The molecule has 0 aliphatic carbocycles. The van der Waals surface area contributed by atoms with E-state index in [1.807, 2.05) is 6.92 Å². The van der Waals surface area contributed by atoms with Crippen molar-refractivity contribution in [3.63, 3.8) is 0 Å². The minimum absolute atomic E-state index is 0.276. The monoisotopic (exact) mass is 232 g/mol. The first-order valence-electron chi connectivity index (χ1n) is 4.31. The van der Waals surface area contributed by atoms with E-state index in [1.165, 1.54) is 0 Å². The quantitative estimate of drug-likeness (QED) is 0.661. The number of sulfonamides is 1. The van der Waals surface area contributed by atoms with Crippen LogP contribution in [0.1, 0.15) is 32.6 Å². The molecule has 0 unspecified atom stereocenters. The Labute approximate surface area is 81.7 Å². The molecule has 0 heterocycles. The summed E-state index contributed by atoms with van der Waals surface area (Å²) >= 11 is 0. The van der Waals surface area contributed by atoms with Gasteiger partial charge >= 0.3 is 5.51 Å². The summed E-state index contributed by atoms with van der Waals surface area (Å²) in [5.74, 6) is 0. The average molecular weight is 232 g/mol. The molecule has 0 aromatic carbocycles. The summed E-state index contributed by atoms with van der Waals surface area (Å²) in [5, 5.41) is 0. The Kier molecular flexibility index (Phi) is 5.43. The van der Waals surface area contributed by atoms with Gasteiger partial charge in [0.1, 0.15) is 0 Å². The molecule has 0 bridgehead atoms. The first-order chi connectivity index (χ1) is 6.31. The Morgan fingerprint density at radius 3 is 2.14 bits per heavy atom. The lowest BCUT2D eigenvalue weighted by molar-refractivity contribution is -0.0427. The van der Waals surface area contributed by atoms with Gasteiger partial charge in [-0.25, -0.2) is 8.42 Å². The van der Waals surface area contributed by atoms with Gasteiger partial charge in [0, 0.05) is 0 Å². The van der Waals surface area contributed by atoms with Crippen LogP contribution in [0.25, 0.3) is 4.72 Å². The highest BCUT2D eigenvalue weighted by Gasteiger charge is 2.38. The molecule has 0 amide bonds. The van der Waals surface area contributed by atoms with Crippen molar-refractivity contribution in [3.05, 3.63) is 4.72 Å². The summed E-state index contributed by atoms with van der Waals surface area (Å²) in [4.78, 5) is 0. The lowest BCUT2D eigenvalue weighted by Gasteiger charge is -2.21. The van der Waals surface area contributed by atoms with Gasteiger partial charge in [0.2, 0.25) is 0 Å². The van der Waals surface area contributed by atoms with Crippen molar-refractivity contribution in [2.75, 3.05) is 6.54 Å². The molecule has 0 fully saturated rings. The molecule has 3 nitrogen and oxygen atoms in total. The smallest absolute Gasteiger partial charge is 0.480 e. The number of halogens is 3. The second kappa shape index (κ2) is 5.55. The fraction of sp³-hybridized carbons (Fsp3) is 1.00. The lowest BCUT2D eigenvalue weighted by Crippen LogP contribution is -2.22. The fourth-order valence-corrected chi connectivity index (χ4v) is 1.31. The molecule has 86 valence electrons. The lowest BCUT2D eigenvalue weighted by atomic mass is 10.2. The molecular formula is C7H13F3NO2S-. The first kappa shape index (κ1) is 13.7. The Balaban J connectivity index is 3.80. The summed E-state index contributed by atoms with van der Waals surface area (Å²) < 4.78 is 58.6. The van der Waals surface area contributed by atoms with Crippen molar-refractivity contribution in [1.29, 1.82) is 0 Å². The highest BCUT2D eigenvalue weighted by Crippen LogP contribution is 2.27. The second-order valence-electron chi connectivity index (χ2n) is 2.83. The highest BCUT2D eigenvalue weighted by molar-refractivity contribution is 7.94. The predicted octanol–water partition coefficient (Wildman–Crippen LogP) is 2.79.